The highest BCUT2D eigenvalue weighted by Crippen LogP contribution is 2.21. The third kappa shape index (κ3) is 4.23. The minimum absolute atomic E-state index is 0.0428. The van der Waals surface area contributed by atoms with E-state index in [1.165, 1.54) is 0 Å². The predicted molar refractivity (Wildman–Crippen MR) is 96.4 cm³/mol. The summed E-state index contributed by atoms with van der Waals surface area (Å²) in [5.41, 5.74) is 2.68. The van der Waals surface area contributed by atoms with Gasteiger partial charge in [0.1, 0.15) is 12.1 Å². The van der Waals surface area contributed by atoms with Gasteiger partial charge in [-0.15, -0.1) is 10.2 Å². The van der Waals surface area contributed by atoms with Gasteiger partial charge in [0.05, 0.1) is 0 Å². The SMILES string of the molecule is CCn1cnnc1-c1cccc(NC(=O)COc2cccc(C)c2)c1. The summed E-state index contributed by atoms with van der Waals surface area (Å²) in [6, 6.07) is 15.1. The van der Waals surface area contributed by atoms with Crippen molar-refractivity contribution in [3.05, 3.63) is 60.4 Å². The highest BCUT2D eigenvalue weighted by atomic mass is 16.5. The van der Waals surface area contributed by atoms with Crippen molar-refractivity contribution in [2.75, 3.05) is 11.9 Å². The lowest BCUT2D eigenvalue weighted by Gasteiger charge is -2.09. The maximum Gasteiger partial charge on any atom is 0.262 e. The van der Waals surface area contributed by atoms with Crippen LogP contribution in [0.5, 0.6) is 5.75 Å². The van der Waals surface area contributed by atoms with E-state index in [0.717, 1.165) is 23.5 Å². The van der Waals surface area contributed by atoms with Crippen LogP contribution in [0.15, 0.2) is 54.9 Å². The summed E-state index contributed by atoms with van der Waals surface area (Å²) >= 11 is 0. The summed E-state index contributed by atoms with van der Waals surface area (Å²) in [7, 11) is 0. The highest BCUT2D eigenvalue weighted by Gasteiger charge is 2.09. The highest BCUT2D eigenvalue weighted by molar-refractivity contribution is 5.92. The maximum atomic E-state index is 12.1. The molecule has 0 aliphatic rings. The molecule has 0 fully saturated rings. The second-order valence-electron chi connectivity index (χ2n) is 5.67. The lowest BCUT2D eigenvalue weighted by molar-refractivity contribution is -0.118. The van der Waals surface area contributed by atoms with Gasteiger partial charge in [-0.25, -0.2) is 0 Å². The van der Waals surface area contributed by atoms with Gasteiger partial charge < -0.3 is 14.6 Å². The molecule has 0 saturated carbocycles. The molecule has 0 atom stereocenters. The van der Waals surface area contributed by atoms with Crippen molar-refractivity contribution in [2.45, 2.75) is 20.4 Å². The van der Waals surface area contributed by atoms with Crippen molar-refractivity contribution in [1.82, 2.24) is 14.8 Å². The molecule has 1 aromatic heterocycles. The second kappa shape index (κ2) is 7.61. The van der Waals surface area contributed by atoms with Crippen LogP contribution < -0.4 is 10.1 Å². The van der Waals surface area contributed by atoms with Gasteiger partial charge in [0, 0.05) is 17.8 Å². The molecule has 0 aliphatic heterocycles. The van der Waals surface area contributed by atoms with Crippen LogP contribution in [0.3, 0.4) is 0 Å². The lowest BCUT2D eigenvalue weighted by atomic mass is 10.2. The van der Waals surface area contributed by atoms with Gasteiger partial charge in [-0.2, -0.15) is 0 Å². The Labute approximate surface area is 146 Å². The van der Waals surface area contributed by atoms with Crippen molar-refractivity contribution in [1.29, 1.82) is 0 Å². The largest absolute Gasteiger partial charge is 0.484 e. The van der Waals surface area contributed by atoms with Crippen LogP contribution in [0.1, 0.15) is 12.5 Å². The molecule has 3 rings (SSSR count). The Morgan fingerprint density at radius 2 is 2.04 bits per heavy atom. The van der Waals surface area contributed by atoms with Crippen LogP contribution in [-0.4, -0.2) is 27.3 Å². The zero-order valence-electron chi connectivity index (χ0n) is 14.3. The summed E-state index contributed by atoms with van der Waals surface area (Å²) in [5.74, 6) is 1.24. The first-order chi connectivity index (χ1) is 12.2. The first kappa shape index (κ1) is 16.7. The first-order valence-corrected chi connectivity index (χ1v) is 8.13. The molecule has 1 amide bonds. The second-order valence-corrected chi connectivity index (χ2v) is 5.67. The van der Waals surface area contributed by atoms with Crippen molar-refractivity contribution in [3.8, 4) is 17.1 Å². The lowest BCUT2D eigenvalue weighted by Crippen LogP contribution is -2.20. The molecule has 0 spiro atoms. The molecule has 6 heteroatoms. The minimum atomic E-state index is -0.212. The molecule has 128 valence electrons. The molecular formula is C19H20N4O2. The fourth-order valence-corrected chi connectivity index (χ4v) is 2.50. The summed E-state index contributed by atoms with van der Waals surface area (Å²) in [6.07, 6.45) is 1.69. The summed E-state index contributed by atoms with van der Waals surface area (Å²) in [6.45, 7) is 4.75. The normalized spacial score (nSPS) is 10.5. The topological polar surface area (TPSA) is 69.0 Å². The zero-order valence-corrected chi connectivity index (χ0v) is 14.3. The van der Waals surface area contributed by atoms with Crippen LogP contribution in [0.25, 0.3) is 11.4 Å². The number of aryl methyl sites for hydroxylation is 2. The van der Waals surface area contributed by atoms with E-state index in [1.54, 1.807) is 6.33 Å². The fraction of sp³-hybridized carbons (Fsp3) is 0.211. The predicted octanol–water partition coefficient (Wildman–Crippen LogP) is 3.29. The van der Waals surface area contributed by atoms with Gasteiger partial charge in [0.25, 0.3) is 5.91 Å². The molecular weight excluding hydrogens is 316 g/mol. The number of aromatic nitrogens is 3. The van der Waals surface area contributed by atoms with Gasteiger partial charge in [-0.05, 0) is 43.7 Å². The standard InChI is InChI=1S/C19H20N4O2/c1-3-23-13-20-22-19(23)15-7-5-8-16(11-15)21-18(24)12-25-17-9-4-6-14(2)10-17/h4-11,13H,3,12H2,1-2H3,(H,21,24). The summed E-state index contributed by atoms with van der Waals surface area (Å²) in [5, 5.41) is 10.9. The Morgan fingerprint density at radius 3 is 2.84 bits per heavy atom. The van der Waals surface area contributed by atoms with Crippen LogP contribution in [0.2, 0.25) is 0 Å². The Morgan fingerprint density at radius 1 is 1.20 bits per heavy atom. The van der Waals surface area contributed by atoms with E-state index in [-0.39, 0.29) is 12.5 Å². The van der Waals surface area contributed by atoms with Crippen LogP contribution in [0, 0.1) is 6.92 Å². The number of hydrogen-bond acceptors (Lipinski definition) is 4. The summed E-state index contributed by atoms with van der Waals surface area (Å²) in [4.78, 5) is 12.1. The molecule has 1 heterocycles. The number of ether oxygens (including phenoxy) is 1. The third-order valence-corrected chi connectivity index (χ3v) is 3.72. The number of amides is 1. The molecule has 0 bridgehead atoms. The molecule has 3 aromatic rings. The van der Waals surface area contributed by atoms with Crippen LogP contribution in [-0.2, 0) is 11.3 Å². The van der Waals surface area contributed by atoms with E-state index in [2.05, 4.69) is 15.5 Å². The molecule has 1 N–H and O–H groups in total. The molecule has 25 heavy (non-hydrogen) atoms. The monoisotopic (exact) mass is 336 g/mol. The van der Waals surface area contributed by atoms with Crippen LogP contribution >= 0.6 is 0 Å². The molecule has 0 radical (unpaired) electrons. The Bertz CT molecular complexity index is 873. The Balaban J connectivity index is 1.65. The van der Waals surface area contributed by atoms with E-state index in [9.17, 15) is 4.79 Å². The number of benzene rings is 2. The van der Waals surface area contributed by atoms with E-state index in [0.29, 0.717) is 11.4 Å². The molecule has 0 aliphatic carbocycles. The van der Waals surface area contributed by atoms with E-state index >= 15 is 0 Å². The van der Waals surface area contributed by atoms with Gasteiger partial charge in [0.2, 0.25) is 0 Å². The number of rotatable bonds is 6. The number of carbonyl (C=O) groups is 1. The number of carbonyl (C=O) groups excluding carboxylic acids is 1. The molecule has 0 saturated heterocycles. The molecule has 2 aromatic carbocycles. The molecule has 0 unspecified atom stereocenters. The number of hydrogen-bond donors (Lipinski definition) is 1. The Kier molecular flexibility index (Phi) is 5.09. The first-order valence-electron chi connectivity index (χ1n) is 8.13. The van der Waals surface area contributed by atoms with Gasteiger partial charge in [-0.1, -0.05) is 24.3 Å². The van der Waals surface area contributed by atoms with Gasteiger partial charge in [0.15, 0.2) is 12.4 Å². The minimum Gasteiger partial charge on any atom is -0.484 e. The van der Waals surface area contributed by atoms with Gasteiger partial charge >= 0.3 is 0 Å². The maximum absolute atomic E-state index is 12.1. The van der Waals surface area contributed by atoms with Crippen molar-refractivity contribution >= 4 is 11.6 Å². The number of nitrogens with zero attached hydrogens (tertiary/aromatic N) is 3. The number of anilines is 1. The van der Waals surface area contributed by atoms with Crippen molar-refractivity contribution < 1.29 is 9.53 Å². The Hall–Kier alpha value is -3.15. The van der Waals surface area contributed by atoms with E-state index < -0.39 is 0 Å². The average Bonchev–Trinajstić information content (AvgIpc) is 3.09. The summed E-state index contributed by atoms with van der Waals surface area (Å²) < 4.78 is 7.47. The fourth-order valence-electron chi connectivity index (χ4n) is 2.50. The smallest absolute Gasteiger partial charge is 0.262 e. The quantitative estimate of drug-likeness (QED) is 0.750. The van der Waals surface area contributed by atoms with Crippen molar-refractivity contribution in [2.24, 2.45) is 0 Å². The molecule has 6 nitrogen and oxygen atoms in total. The van der Waals surface area contributed by atoms with Gasteiger partial charge in [-0.3, -0.25) is 4.79 Å². The van der Waals surface area contributed by atoms with E-state index in [1.807, 2.05) is 66.9 Å². The zero-order chi connectivity index (χ0) is 17.6. The van der Waals surface area contributed by atoms with Crippen molar-refractivity contribution in [3.63, 3.8) is 0 Å². The van der Waals surface area contributed by atoms with Crippen LogP contribution in [0.4, 0.5) is 5.69 Å². The average molecular weight is 336 g/mol. The third-order valence-electron chi connectivity index (χ3n) is 3.72. The van der Waals surface area contributed by atoms with E-state index in [4.69, 9.17) is 4.74 Å². The number of nitrogens with one attached hydrogen (secondary N) is 1.